The lowest BCUT2D eigenvalue weighted by Crippen LogP contribution is -2.01. The summed E-state index contributed by atoms with van der Waals surface area (Å²) in [4.78, 5) is 10.5. The molecule has 0 fully saturated rings. The molecular weight excluding hydrogens is 271 g/mol. The minimum Gasteiger partial charge on any atom is -0.324 e. The van der Waals surface area contributed by atoms with Crippen molar-refractivity contribution >= 4 is 21.5 Å². The normalized spacial score (nSPS) is 11.0. The molecule has 0 amide bonds. The average Bonchev–Trinajstić information content (AvgIpc) is 2.39. The number of hydrogen-bond acceptors (Lipinski definition) is 6. The van der Waals surface area contributed by atoms with Gasteiger partial charge in [-0.1, -0.05) is 6.58 Å². The maximum Gasteiger partial charge on any atom is 0.313 e. The molecule has 1 heterocycles. The van der Waals surface area contributed by atoms with Gasteiger partial charge in [-0.15, -0.1) is 0 Å². The Kier molecular flexibility index (Phi) is 3.52. The molecule has 0 saturated carbocycles. The second kappa shape index (κ2) is 5.11. The summed E-state index contributed by atoms with van der Waals surface area (Å²) in [7, 11) is -3.46. The first-order chi connectivity index (χ1) is 9.01. The molecule has 19 heavy (non-hydrogen) atoms. The number of nitrogens with zero attached hydrogens (tertiary/aromatic N) is 3. The Hall–Kier alpha value is -2.35. The molecule has 1 aromatic carbocycles. The third-order valence-corrected chi connectivity index (χ3v) is 3.57. The van der Waals surface area contributed by atoms with E-state index in [0.29, 0.717) is 5.69 Å². The average molecular weight is 280 g/mol. The standard InChI is InChI=1S/C11H9FN4O2S/c1-2-19(17,18)9-5-3-8(4-6-9)15-11-14-7-13-10(12)16-11/h2-7H,1H2,(H,13,14,15,16). The van der Waals surface area contributed by atoms with E-state index in [-0.39, 0.29) is 10.8 Å². The highest BCUT2D eigenvalue weighted by Crippen LogP contribution is 2.17. The predicted molar refractivity (Wildman–Crippen MR) is 66.9 cm³/mol. The number of nitrogens with one attached hydrogen (secondary N) is 1. The van der Waals surface area contributed by atoms with Gasteiger partial charge in [0, 0.05) is 11.1 Å². The van der Waals surface area contributed by atoms with Gasteiger partial charge in [0.1, 0.15) is 6.33 Å². The summed E-state index contributed by atoms with van der Waals surface area (Å²) in [6, 6.07) is 5.82. The highest BCUT2D eigenvalue weighted by Gasteiger charge is 2.09. The van der Waals surface area contributed by atoms with Crippen LogP contribution >= 0.6 is 0 Å². The molecule has 0 spiro atoms. The summed E-state index contributed by atoms with van der Waals surface area (Å²) in [5, 5.41) is 3.59. The lowest BCUT2D eigenvalue weighted by atomic mass is 10.3. The number of hydrogen-bond donors (Lipinski definition) is 1. The predicted octanol–water partition coefficient (Wildman–Crippen LogP) is 1.67. The Morgan fingerprint density at radius 3 is 2.47 bits per heavy atom. The van der Waals surface area contributed by atoms with E-state index in [9.17, 15) is 12.8 Å². The fourth-order valence-corrected chi connectivity index (χ4v) is 2.00. The Morgan fingerprint density at radius 2 is 1.89 bits per heavy atom. The SMILES string of the molecule is C=CS(=O)(=O)c1ccc(Nc2ncnc(F)n2)cc1. The van der Waals surface area contributed by atoms with Gasteiger partial charge < -0.3 is 5.32 Å². The molecule has 2 rings (SSSR count). The maximum absolute atomic E-state index is 12.7. The summed E-state index contributed by atoms with van der Waals surface area (Å²) >= 11 is 0. The number of benzene rings is 1. The zero-order valence-corrected chi connectivity index (χ0v) is 10.4. The van der Waals surface area contributed by atoms with Crippen molar-refractivity contribution in [1.29, 1.82) is 0 Å². The van der Waals surface area contributed by atoms with E-state index < -0.39 is 15.9 Å². The minimum atomic E-state index is -3.46. The van der Waals surface area contributed by atoms with E-state index in [4.69, 9.17) is 0 Å². The number of rotatable bonds is 4. The molecule has 1 aromatic heterocycles. The van der Waals surface area contributed by atoms with E-state index >= 15 is 0 Å². The van der Waals surface area contributed by atoms with Crippen LogP contribution in [0.2, 0.25) is 0 Å². The Bertz CT molecular complexity index is 701. The summed E-state index contributed by atoms with van der Waals surface area (Å²) < 4.78 is 35.7. The van der Waals surface area contributed by atoms with Crippen molar-refractivity contribution in [3.63, 3.8) is 0 Å². The van der Waals surface area contributed by atoms with Crippen molar-refractivity contribution < 1.29 is 12.8 Å². The molecule has 0 unspecified atom stereocenters. The summed E-state index contributed by atoms with van der Waals surface area (Å²) in [6.45, 7) is 3.24. The zero-order valence-electron chi connectivity index (χ0n) is 9.62. The smallest absolute Gasteiger partial charge is 0.313 e. The Balaban J connectivity index is 2.22. The topological polar surface area (TPSA) is 84.8 Å². The van der Waals surface area contributed by atoms with Crippen LogP contribution in [0, 0.1) is 6.08 Å². The first kappa shape index (κ1) is 13.1. The molecule has 98 valence electrons. The fraction of sp³-hybridized carbons (Fsp3) is 0. The second-order valence-electron chi connectivity index (χ2n) is 3.44. The first-order valence-corrected chi connectivity index (χ1v) is 6.65. The molecule has 2 aromatic rings. The number of halogens is 1. The quantitative estimate of drug-likeness (QED) is 0.917. The van der Waals surface area contributed by atoms with Crippen LogP contribution in [-0.2, 0) is 9.84 Å². The molecular formula is C11H9FN4O2S. The maximum atomic E-state index is 12.7. The van der Waals surface area contributed by atoms with Gasteiger partial charge in [-0.2, -0.15) is 14.4 Å². The van der Waals surface area contributed by atoms with Gasteiger partial charge in [0.15, 0.2) is 9.84 Å². The van der Waals surface area contributed by atoms with Crippen LogP contribution < -0.4 is 5.32 Å². The van der Waals surface area contributed by atoms with Crippen molar-refractivity contribution in [1.82, 2.24) is 15.0 Å². The minimum absolute atomic E-state index is 0.0341. The summed E-state index contributed by atoms with van der Waals surface area (Å²) in [6.07, 6.45) is 0.129. The Labute approximate surface area is 109 Å². The van der Waals surface area contributed by atoms with E-state index in [2.05, 4.69) is 26.8 Å². The lowest BCUT2D eigenvalue weighted by Gasteiger charge is -2.05. The molecule has 0 aliphatic rings. The third kappa shape index (κ3) is 3.10. The van der Waals surface area contributed by atoms with Crippen LogP contribution in [0.4, 0.5) is 16.0 Å². The fourth-order valence-electron chi connectivity index (χ4n) is 1.29. The molecule has 0 bridgehead atoms. The van der Waals surface area contributed by atoms with Crippen molar-refractivity contribution in [3.8, 4) is 0 Å². The molecule has 8 heteroatoms. The molecule has 0 atom stereocenters. The number of sulfone groups is 1. The van der Waals surface area contributed by atoms with Gasteiger partial charge >= 0.3 is 6.08 Å². The molecule has 1 N–H and O–H groups in total. The van der Waals surface area contributed by atoms with Crippen LogP contribution in [0.15, 0.2) is 47.5 Å². The lowest BCUT2D eigenvalue weighted by molar-refractivity contribution is 0.534. The van der Waals surface area contributed by atoms with Gasteiger partial charge in [-0.05, 0) is 24.3 Å². The first-order valence-electron chi connectivity index (χ1n) is 5.10. The van der Waals surface area contributed by atoms with Crippen LogP contribution in [0.3, 0.4) is 0 Å². The van der Waals surface area contributed by atoms with E-state index in [0.717, 1.165) is 11.7 Å². The highest BCUT2D eigenvalue weighted by molar-refractivity contribution is 7.94. The van der Waals surface area contributed by atoms with Gasteiger partial charge in [0.25, 0.3) is 0 Å². The highest BCUT2D eigenvalue weighted by atomic mass is 32.2. The third-order valence-electron chi connectivity index (χ3n) is 2.20. The number of aromatic nitrogens is 3. The van der Waals surface area contributed by atoms with Crippen LogP contribution in [0.1, 0.15) is 0 Å². The van der Waals surface area contributed by atoms with Gasteiger partial charge in [-0.3, -0.25) is 0 Å². The molecule has 6 nitrogen and oxygen atoms in total. The monoisotopic (exact) mass is 280 g/mol. The van der Waals surface area contributed by atoms with Gasteiger partial charge in [-0.25, -0.2) is 13.4 Å². The molecule has 0 aliphatic carbocycles. The largest absolute Gasteiger partial charge is 0.324 e. The zero-order chi connectivity index (χ0) is 13.9. The van der Waals surface area contributed by atoms with Crippen LogP contribution in [0.5, 0.6) is 0 Å². The number of anilines is 2. The van der Waals surface area contributed by atoms with E-state index in [1.165, 1.54) is 24.3 Å². The van der Waals surface area contributed by atoms with Crippen LogP contribution in [0.25, 0.3) is 0 Å². The summed E-state index contributed by atoms with van der Waals surface area (Å²) in [5.74, 6) is 0.0341. The van der Waals surface area contributed by atoms with Crippen molar-refractivity contribution in [2.75, 3.05) is 5.32 Å². The van der Waals surface area contributed by atoms with Crippen LogP contribution in [-0.4, -0.2) is 23.4 Å². The van der Waals surface area contributed by atoms with Crippen molar-refractivity contribution in [2.45, 2.75) is 4.90 Å². The van der Waals surface area contributed by atoms with Crippen molar-refractivity contribution in [3.05, 3.63) is 48.7 Å². The van der Waals surface area contributed by atoms with Gasteiger partial charge in [0.2, 0.25) is 5.95 Å². The van der Waals surface area contributed by atoms with Crippen molar-refractivity contribution in [2.24, 2.45) is 0 Å². The summed E-state index contributed by atoms with van der Waals surface area (Å²) in [5.41, 5.74) is 0.522. The molecule has 0 saturated heterocycles. The molecule has 0 aliphatic heterocycles. The van der Waals surface area contributed by atoms with E-state index in [1.54, 1.807) is 0 Å². The van der Waals surface area contributed by atoms with E-state index in [1.807, 2.05) is 0 Å². The Morgan fingerprint density at radius 1 is 1.21 bits per heavy atom. The molecule has 0 radical (unpaired) electrons. The second-order valence-corrected chi connectivity index (χ2v) is 5.33. The van der Waals surface area contributed by atoms with Gasteiger partial charge in [0.05, 0.1) is 4.90 Å².